The monoisotopic (exact) mass is 548 g/mol. The van der Waals surface area contributed by atoms with Crippen molar-refractivity contribution in [3.8, 4) is 11.5 Å². The number of hydrogen-bond donors (Lipinski definition) is 2. The summed E-state index contributed by atoms with van der Waals surface area (Å²) in [6, 6.07) is 4.03. The molecule has 0 atom stereocenters. The molecule has 0 saturated heterocycles. The second-order valence-corrected chi connectivity index (χ2v) is 9.07. The first-order valence-electron chi connectivity index (χ1n) is 9.90. The fourth-order valence-electron chi connectivity index (χ4n) is 3.14. The number of carbonyl (C=O) groups excluding carboxylic acids is 2. The van der Waals surface area contributed by atoms with Crippen molar-refractivity contribution in [3.05, 3.63) is 33.2 Å². The summed E-state index contributed by atoms with van der Waals surface area (Å²) in [7, 11) is 3.00. The van der Waals surface area contributed by atoms with Gasteiger partial charge in [0.25, 0.3) is 11.8 Å². The van der Waals surface area contributed by atoms with Crippen LogP contribution in [0.5, 0.6) is 11.5 Å². The fourth-order valence-corrected chi connectivity index (χ4v) is 4.31. The van der Waals surface area contributed by atoms with Crippen LogP contribution >= 0.6 is 39.7 Å². The molecular formula is C21H30BrClN4O4S. The Kier molecular flexibility index (Phi) is 11.4. The van der Waals surface area contributed by atoms with Crippen LogP contribution in [-0.2, 0) is 0 Å². The van der Waals surface area contributed by atoms with Gasteiger partial charge in [0.15, 0.2) is 5.13 Å². The zero-order valence-corrected chi connectivity index (χ0v) is 22.2. The van der Waals surface area contributed by atoms with Gasteiger partial charge in [0.1, 0.15) is 17.2 Å². The Morgan fingerprint density at radius 3 is 2.28 bits per heavy atom. The van der Waals surface area contributed by atoms with E-state index in [0.717, 1.165) is 6.54 Å². The van der Waals surface area contributed by atoms with Gasteiger partial charge >= 0.3 is 0 Å². The minimum Gasteiger partial charge on any atom is -0.496 e. The highest BCUT2D eigenvalue weighted by Crippen LogP contribution is 2.33. The van der Waals surface area contributed by atoms with Gasteiger partial charge in [0, 0.05) is 30.6 Å². The molecule has 178 valence electrons. The number of rotatable bonds is 10. The molecule has 2 N–H and O–H groups in total. The number of benzene rings is 1. The highest BCUT2D eigenvalue weighted by molar-refractivity contribution is 9.10. The van der Waals surface area contributed by atoms with E-state index in [9.17, 15) is 9.59 Å². The van der Waals surface area contributed by atoms with E-state index in [1.165, 1.54) is 25.6 Å². The standard InChI is InChI=1S/C21H29BrN4O4S.ClH/c1-12(2)26(13(3)4)8-7-23-20(28)16-11-31-21(24-16)25-19(27)14-9-18(30-6)15(22)10-17(14)29-5;/h9-13H,7-8H2,1-6H3,(H,23,28)(H,24,25,27);1H. The normalized spacial score (nSPS) is 10.8. The number of halogens is 2. The van der Waals surface area contributed by atoms with E-state index in [0.29, 0.717) is 45.3 Å². The van der Waals surface area contributed by atoms with Gasteiger partial charge in [-0.05, 0) is 55.8 Å². The molecule has 1 aromatic heterocycles. The van der Waals surface area contributed by atoms with Crippen molar-refractivity contribution >= 4 is 56.6 Å². The van der Waals surface area contributed by atoms with E-state index >= 15 is 0 Å². The summed E-state index contributed by atoms with van der Waals surface area (Å²) < 4.78 is 11.2. The van der Waals surface area contributed by atoms with Crippen molar-refractivity contribution in [1.29, 1.82) is 0 Å². The molecule has 2 aromatic rings. The smallest absolute Gasteiger partial charge is 0.270 e. The van der Waals surface area contributed by atoms with Gasteiger partial charge in [-0.2, -0.15) is 0 Å². The number of methoxy groups -OCH3 is 2. The molecule has 0 aliphatic carbocycles. The summed E-state index contributed by atoms with van der Waals surface area (Å²) in [5, 5.41) is 7.54. The molecule has 0 aliphatic heterocycles. The number of aromatic nitrogens is 1. The number of amides is 2. The number of thiazole rings is 1. The molecule has 0 aliphatic rings. The Balaban J connectivity index is 0.00000512. The molecule has 8 nitrogen and oxygen atoms in total. The molecule has 0 bridgehead atoms. The Morgan fingerprint density at radius 2 is 1.72 bits per heavy atom. The van der Waals surface area contributed by atoms with E-state index in [1.807, 2.05) is 0 Å². The average molecular weight is 550 g/mol. The summed E-state index contributed by atoms with van der Waals surface area (Å²) in [6.07, 6.45) is 0. The van der Waals surface area contributed by atoms with Crippen LogP contribution in [0, 0.1) is 0 Å². The number of nitrogens with one attached hydrogen (secondary N) is 2. The highest BCUT2D eigenvalue weighted by Gasteiger charge is 2.19. The van der Waals surface area contributed by atoms with Crippen LogP contribution in [0.25, 0.3) is 0 Å². The van der Waals surface area contributed by atoms with Crippen LogP contribution in [0.4, 0.5) is 5.13 Å². The zero-order valence-electron chi connectivity index (χ0n) is 19.0. The maximum absolute atomic E-state index is 12.7. The summed E-state index contributed by atoms with van der Waals surface area (Å²) in [5.41, 5.74) is 0.563. The maximum atomic E-state index is 12.7. The topological polar surface area (TPSA) is 92.8 Å². The van der Waals surface area contributed by atoms with Gasteiger partial charge in [0.05, 0.1) is 24.3 Å². The summed E-state index contributed by atoms with van der Waals surface area (Å²) in [5.74, 6) is 0.210. The minimum absolute atomic E-state index is 0. The Bertz CT molecular complexity index is 915. The summed E-state index contributed by atoms with van der Waals surface area (Å²) in [6.45, 7) is 9.80. The lowest BCUT2D eigenvalue weighted by Gasteiger charge is -2.30. The second-order valence-electron chi connectivity index (χ2n) is 7.36. The van der Waals surface area contributed by atoms with E-state index in [-0.39, 0.29) is 24.0 Å². The van der Waals surface area contributed by atoms with Crippen molar-refractivity contribution in [2.45, 2.75) is 39.8 Å². The molecule has 0 saturated carbocycles. The molecule has 11 heteroatoms. The first kappa shape index (κ1) is 28.2. The highest BCUT2D eigenvalue weighted by atomic mass is 79.9. The van der Waals surface area contributed by atoms with Crippen LogP contribution in [0.2, 0.25) is 0 Å². The van der Waals surface area contributed by atoms with Crippen LogP contribution in [0.1, 0.15) is 48.5 Å². The van der Waals surface area contributed by atoms with E-state index in [2.05, 4.69) is 64.1 Å². The van der Waals surface area contributed by atoms with Gasteiger partial charge in [-0.25, -0.2) is 4.98 Å². The summed E-state index contributed by atoms with van der Waals surface area (Å²) in [4.78, 5) is 31.7. The van der Waals surface area contributed by atoms with E-state index in [4.69, 9.17) is 9.47 Å². The third-order valence-electron chi connectivity index (χ3n) is 4.66. The number of ether oxygens (including phenoxy) is 2. The molecule has 0 fully saturated rings. The quantitative estimate of drug-likeness (QED) is 0.455. The fraction of sp³-hybridized carbons (Fsp3) is 0.476. The predicted molar refractivity (Wildman–Crippen MR) is 134 cm³/mol. The largest absolute Gasteiger partial charge is 0.496 e. The first-order chi connectivity index (χ1) is 14.7. The molecular weight excluding hydrogens is 520 g/mol. The third-order valence-corrected chi connectivity index (χ3v) is 6.04. The number of nitrogens with zero attached hydrogens (tertiary/aromatic N) is 2. The molecule has 2 rings (SSSR count). The van der Waals surface area contributed by atoms with Crippen molar-refractivity contribution < 1.29 is 19.1 Å². The van der Waals surface area contributed by atoms with Crippen molar-refractivity contribution in [2.24, 2.45) is 0 Å². The molecule has 0 unspecified atom stereocenters. The van der Waals surface area contributed by atoms with Gasteiger partial charge in [0.2, 0.25) is 0 Å². The summed E-state index contributed by atoms with van der Waals surface area (Å²) >= 11 is 4.55. The second kappa shape index (κ2) is 13.0. The Morgan fingerprint density at radius 1 is 1.09 bits per heavy atom. The van der Waals surface area contributed by atoms with Crippen LogP contribution < -0.4 is 20.1 Å². The lowest BCUT2D eigenvalue weighted by atomic mass is 10.1. The SMILES string of the molecule is COc1cc(C(=O)Nc2nc(C(=O)NCCN(C(C)C)C(C)C)cs2)c(OC)cc1Br.Cl. The zero-order chi connectivity index (χ0) is 23.1. The minimum atomic E-state index is -0.409. The first-order valence-corrected chi connectivity index (χ1v) is 11.6. The lowest BCUT2D eigenvalue weighted by molar-refractivity contribution is 0.0934. The lowest BCUT2D eigenvalue weighted by Crippen LogP contribution is -2.42. The van der Waals surface area contributed by atoms with Crippen molar-refractivity contribution in [3.63, 3.8) is 0 Å². The molecule has 0 spiro atoms. The molecule has 2 amide bonds. The van der Waals surface area contributed by atoms with Gasteiger partial charge in [-0.1, -0.05) is 0 Å². The number of anilines is 1. The average Bonchev–Trinajstić information content (AvgIpc) is 3.18. The Labute approximate surface area is 207 Å². The van der Waals surface area contributed by atoms with E-state index < -0.39 is 5.91 Å². The van der Waals surface area contributed by atoms with Crippen molar-refractivity contribution in [1.82, 2.24) is 15.2 Å². The van der Waals surface area contributed by atoms with Crippen LogP contribution in [0.15, 0.2) is 22.0 Å². The van der Waals surface area contributed by atoms with Crippen LogP contribution in [0.3, 0.4) is 0 Å². The van der Waals surface area contributed by atoms with Gasteiger partial charge < -0.3 is 14.8 Å². The third kappa shape index (κ3) is 7.33. The maximum Gasteiger partial charge on any atom is 0.270 e. The van der Waals surface area contributed by atoms with E-state index in [1.54, 1.807) is 17.5 Å². The molecule has 1 heterocycles. The van der Waals surface area contributed by atoms with Crippen molar-refractivity contribution in [2.75, 3.05) is 32.6 Å². The molecule has 32 heavy (non-hydrogen) atoms. The molecule has 0 radical (unpaired) electrons. The molecule has 1 aromatic carbocycles. The van der Waals surface area contributed by atoms with Gasteiger partial charge in [-0.15, -0.1) is 23.7 Å². The predicted octanol–water partition coefficient (Wildman–Crippen LogP) is 4.45. The Hall–Kier alpha value is -1.88. The van der Waals surface area contributed by atoms with Gasteiger partial charge in [-0.3, -0.25) is 19.8 Å². The van der Waals surface area contributed by atoms with Crippen LogP contribution in [-0.4, -0.2) is 61.1 Å². The number of carbonyl (C=O) groups is 2. The number of hydrogen-bond acceptors (Lipinski definition) is 7.